The molecule has 1 aliphatic heterocycles. The molecule has 0 saturated carbocycles. The van der Waals surface area contributed by atoms with Gasteiger partial charge in [0.1, 0.15) is 5.82 Å². The van der Waals surface area contributed by atoms with Crippen LogP contribution in [0.2, 0.25) is 0 Å². The van der Waals surface area contributed by atoms with Gasteiger partial charge in [-0.15, -0.1) is 0 Å². The third kappa shape index (κ3) is 2.75. The Bertz CT molecular complexity index is 716. The molecule has 0 amide bonds. The zero-order chi connectivity index (χ0) is 14.8. The number of anilines is 1. The molecule has 0 fully saturated rings. The second kappa shape index (κ2) is 5.57. The van der Waals surface area contributed by atoms with Gasteiger partial charge in [0.2, 0.25) is 0 Å². The van der Waals surface area contributed by atoms with Crippen LogP contribution in [0.25, 0.3) is 0 Å². The molecule has 106 valence electrons. The Morgan fingerprint density at radius 3 is 2.90 bits per heavy atom. The van der Waals surface area contributed by atoms with Gasteiger partial charge in [0.25, 0.3) is 0 Å². The summed E-state index contributed by atoms with van der Waals surface area (Å²) in [5.41, 5.74) is 4.87. The predicted molar refractivity (Wildman–Crippen MR) is 81.7 cm³/mol. The lowest BCUT2D eigenvalue weighted by Gasteiger charge is -2.31. The van der Waals surface area contributed by atoms with Crippen LogP contribution in [-0.2, 0) is 13.0 Å². The number of fused-ring (bicyclic) bond motifs is 1. The molecule has 2 aromatic carbocycles. The largest absolute Gasteiger partial charge is 0.367 e. The maximum Gasteiger partial charge on any atom is 0.128 e. The molecule has 21 heavy (non-hydrogen) atoms. The van der Waals surface area contributed by atoms with Gasteiger partial charge in [0, 0.05) is 24.3 Å². The van der Waals surface area contributed by atoms with Crippen molar-refractivity contribution < 1.29 is 4.39 Å². The van der Waals surface area contributed by atoms with E-state index in [1.165, 1.54) is 28.9 Å². The summed E-state index contributed by atoms with van der Waals surface area (Å²) in [4.78, 5) is 2.21. The number of hydrogen-bond acceptors (Lipinski definition) is 2. The van der Waals surface area contributed by atoms with Gasteiger partial charge in [0.05, 0.1) is 11.6 Å². The molecular formula is C18H17FN2. The predicted octanol–water partition coefficient (Wildman–Crippen LogP) is 3.96. The fourth-order valence-electron chi connectivity index (χ4n) is 2.94. The zero-order valence-electron chi connectivity index (χ0n) is 12.1. The molecule has 3 heteroatoms. The van der Waals surface area contributed by atoms with Crippen LogP contribution in [0.3, 0.4) is 0 Å². The molecule has 2 nitrogen and oxygen atoms in total. The lowest BCUT2D eigenvalue weighted by atomic mass is 9.99. The average molecular weight is 280 g/mol. The number of halogens is 1. The van der Waals surface area contributed by atoms with Crippen LogP contribution in [-0.4, -0.2) is 6.54 Å². The Morgan fingerprint density at radius 2 is 2.10 bits per heavy atom. The van der Waals surface area contributed by atoms with Crippen molar-refractivity contribution in [1.82, 2.24) is 0 Å². The minimum Gasteiger partial charge on any atom is -0.367 e. The quantitative estimate of drug-likeness (QED) is 0.832. The van der Waals surface area contributed by atoms with Gasteiger partial charge in [-0.2, -0.15) is 5.26 Å². The Morgan fingerprint density at radius 1 is 1.24 bits per heavy atom. The van der Waals surface area contributed by atoms with Crippen LogP contribution < -0.4 is 4.90 Å². The lowest BCUT2D eigenvalue weighted by Crippen LogP contribution is -2.29. The van der Waals surface area contributed by atoms with E-state index in [4.69, 9.17) is 5.26 Å². The first-order valence-corrected chi connectivity index (χ1v) is 7.20. The van der Waals surface area contributed by atoms with Crippen LogP contribution in [0.4, 0.5) is 10.1 Å². The highest BCUT2D eigenvalue weighted by Crippen LogP contribution is 2.29. The number of nitrogens with zero attached hydrogens (tertiary/aromatic N) is 2. The fraction of sp³-hybridized carbons (Fsp3) is 0.278. The number of hydrogen-bond donors (Lipinski definition) is 0. The first-order valence-electron chi connectivity index (χ1n) is 7.20. The standard InChI is InChI=1S/C18H17FN2/c1-13-4-7-18-15(9-13)3-2-8-21(18)12-16-10-14(11-20)5-6-17(16)19/h4-7,9-10H,2-3,8,12H2,1H3. The summed E-state index contributed by atoms with van der Waals surface area (Å²) >= 11 is 0. The molecule has 0 N–H and O–H groups in total. The Balaban J connectivity index is 1.92. The molecule has 1 heterocycles. The Labute approximate surface area is 124 Å². The first kappa shape index (κ1) is 13.6. The zero-order valence-corrected chi connectivity index (χ0v) is 12.1. The molecule has 0 unspecified atom stereocenters. The van der Waals surface area contributed by atoms with Crippen LogP contribution in [0, 0.1) is 24.1 Å². The molecule has 0 spiro atoms. The normalized spacial score (nSPS) is 13.7. The van der Waals surface area contributed by atoms with Gasteiger partial charge >= 0.3 is 0 Å². The monoisotopic (exact) mass is 280 g/mol. The molecule has 1 aliphatic rings. The van der Waals surface area contributed by atoms with Crippen LogP contribution in [0.5, 0.6) is 0 Å². The Hall–Kier alpha value is -2.34. The summed E-state index contributed by atoms with van der Waals surface area (Å²) in [5.74, 6) is -0.242. The third-order valence-electron chi connectivity index (χ3n) is 3.99. The summed E-state index contributed by atoms with van der Waals surface area (Å²) in [6.45, 7) is 3.53. The summed E-state index contributed by atoms with van der Waals surface area (Å²) in [6.07, 6.45) is 2.16. The van der Waals surface area contributed by atoms with Gasteiger partial charge in [-0.3, -0.25) is 0 Å². The van der Waals surface area contributed by atoms with E-state index in [0.717, 1.165) is 19.4 Å². The molecule has 0 aliphatic carbocycles. The van der Waals surface area contributed by atoms with E-state index in [0.29, 0.717) is 17.7 Å². The molecule has 0 aromatic heterocycles. The SMILES string of the molecule is Cc1ccc2c(c1)CCCN2Cc1cc(C#N)ccc1F. The van der Waals surface area contributed by atoms with Gasteiger partial charge < -0.3 is 4.90 Å². The van der Waals surface area contributed by atoms with Crippen molar-refractivity contribution in [2.45, 2.75) is 26.3 Å². The van der Waals surface area contributed by atoms with Gasteiger partial charge in [-0.1, -0.05) is 17.7 Å². The van der Waals surface area contributed by atoms with Crippen LogP contribution >= 0.6 is 0 Å². The minimum atomic E-state index is -0.242. The maximum absolute atomic E-state index is 14.0. The number of benzene rings is 2. The van der Waals surface area contributed by atoms with Gasteiger partial charge in [-0.05, 0) is 49.6 Å². The summed E-state index contributed by atoms with van der Waals surface area (Å²) in [6, 6.07) is 13.1. The van der Waals surface area contributed by atoms with Crippen LogP contribution in [0.1, 0.15) is 28.7 Å². The van der Waals surface area contributed by atoms with Crippen LogP contribution in [0.15, 0.2) is 36.4 Å². The van der Waals surface area contributed by atoms with E-state index in [9.17, 15) is 4.39 Å². The van der Waals surface area contributed by atoms with Crippen molar-refractivity contribution in [2.24, 2.45) is 0 Å². The summed E-state index contributed by atoms with van der Waals surface area (Å²) < 4.78 is 14.0. The lowest BCUT2D eigenvalue weighted by molar-refractivity contribution is 0.597. The number of rotatable bonds is 2. The molecule has 0 saturated heterocycles. The van der Waals surface area contributed by atoms with E-state index >= 15 is 0 Å². The highest BCUT2D eigenvalue weighted by atomic mass is 19.1. The maximum atomic E-state index is 14.0. The Kier molecular flexibility index (Phi) is 3.62. The average Bonchev–Trinajstić information content (AvgIpc) is 2.49. The highest BCUT2D eigenvalue weighted by molar-refractivity contribution is 5.57. The van der Waals surface area contributed by atoms with E-state index in [1.54, 1.807) is 6.07 Å². The highest BCUT2D eigenvalue weighted by Gasteiger charge is 2.18. The van der Waals surface area contributed by atoms with E-state index < -0.39 is 0 Å². The van der Waals surface area contributed by atoms with Gasteiger partial charge in [-0.25, -0.2) is 4.39 Å². The van der Waals surface area contributed by atoms with E-state index in [1.807, 2.05) is 0 Å². The molecular weight excluding hydrogens is 263 g/mol. The molecule has 0 bridgehead atoms. The van der Waals surface area contributed by atoms with E-state index in [2.05, 4.69) is 36.1 Å². The second-order valence-electron chi connectivity index (χ2n) is 5.58. The number of aryl methyl sites for hydroxylation is 2. The third-order valence-corrected chi connectivity index (χ3v) is 3.99. The van der Waals surface area contributed by atoms with Crippen molar-refractivity contribution in [1.29, 1.82) is 5.26 Å². The van der Waals surface area contributed by atoms with Crippen molar-refractivity contribution in [2.75, 3.05) is 11.4 Å². The topological polar surface area (TPSA) is 27.0 Å². The summed E-state index contributed by atoms with van der Waals surface area (Å²) in [5, 5.41) is 8.96. The van der Waals surface area contributed by atoms with Gasteiger partial charge in [0.15, 0.2) is 0 Å². The number of nitriles is 1. The fourth-order valence-corrected chi connectivity index (χ4v) is 2.94. The minimum absolute atomic E-state index is 0.242. The van der Waals surface area contributed by atoms with Crippen molar-refractivity contribution in [3.05, 3.63) is 64.5 Å². The summed E-state index contributed by atoms with van der Waals surface area (Å²) in [7, 11) is 0. The molecule has 2 aromatic rings. The van der Waals surface area contributed by atoms with Crippen molar-refractivity contribution >= 4 is 5.69 Å². The molecule has 0 radical (unpaired) electrons. The van der Waals surface area contributed by atoms with Crippen molar-refractivity contribution in [3.63, 3.8) is 0 Å². The molecule has 0 atom stereocenters. The molecule has 3 rings (SSSR count). The van der Waals surface area contributed by atoms with E-state index in [-0.39, 0.29) is 5.82 Å². The smallest absolute Gasteiger partial charge is 0.128 e. The second-order valence-corrected chi connectivity index (χ2v) is 5.58. The van der Waals surface area contributed by atoms with Crippen molar-refractivity contribution in [3.8, 4) is 6.07 Å². The first-order chi connectivity index (χ1) is 10.2.